The van der Waals surface area contributed by atoms with E-state index in [1.54, 1.807) is 31.4 Å². The molecule has 1 aromatic heterocycles. The lowest BCUT2D eigenvalue weighted by Gasteiger charge is -2.10. The minimum absolute atomic E-state index is 0.517. The van der Waals surface area contributed by atoms with Gasteiger partial charge in [0.2, 0.25) is 0 Å². The quantitative estimate of drug-likeness (QED) is 0.648. The summed E-state index contributed by atoms with van der Waals surface area (Å²) in [5, 5.41) is 7.44. The van der Waals surface area contributed by atoms with Gasteiger partial charge in [-0.05, 0) is 30.3 Å². The lowest BCUT2D eigenvalue weighted by Crippen LogP contribution is -1.99. The zero-order valence-corrected chi connectivity index (χ0v) is 14.3. The molecule has 2 aromatic carbocycles. The van der Waals surface area contributed by atoms with Crippen LogP contribution >= 0.6 is 23.2 Å². The maximum Gasteiger partial charge on any atom is 0.135 e. The Balaban J connectivity index is 1.78. The molecule has 122 valence electrons. The molecule has 5 nitrogen and oxygen atoms in total. The fourth-order valence-electron chi connectivity index (χ4n) is 2.07. The first kappa shape index (κ1) is 16.4. The highest BCUT2D eigenvalue weighted by Gasteiger charge is 2.05. The predicted octanol–water partition coefficient (Wildman–Crippen LogP) is 5.28. The van der Waals surface area contributed by atoms with Gasteiger partial charge in [0.15, 0.2) is 0 Å². The second kappa shape index (κ2) is 7.38. The number of anilines is 4. The van der Waals surface area contributed by atoms with Crippen molar-refractivity contribution in [3.05, 3.63) is 64.9 Å². The van der Waals surface area contributed by atoms with Gasteiger partial charge in [0.25, 0.3) is 0 Å². The average Bonchev–Trinajstić information content (AvgIpc) is 2.58. The number of halogens is 2. The maximum absolute atomic E-state index is 6.16. The van der Waals surface area contributed by atoms with Gasteiger partial charge in [-0.15, -0.1) is 0 Å². The number of rotatable bonds is 5. The van der Waals surface area contributed by atoms with E-state index < -0.39 is 0 Å². The third-order valence-corrected chi connectivity index (χ3v) is 3.75. The molecule has 0 spiro atoms. The van der Waals surface area contributed by atoms with Crippen molar-refractivity contribution in [2.45, 2.75) is 0 Å². The second-order valence-corrected chi connectivity index (χ2v) is 5.74. The molecule has 0 radical (unpaired) electrons. The van der Waals surface area contributed by atoms with E-state index in [0.717, 1.165) is 11.4 Å². The molecule has 3 aromatic rings. The third-order valence-electron chi connectivity index (χ3n) is 3.20. The summed E-state index contributed by atoms with van der Waals surface area (Å²) in [7, 11) is 1.63. The van der Waals surface area contributed by atoms with Gasteiger partial charge in [-0.1, -0.05) is 29.3 Å². The van der Waals surface area contributed by atoms with E-state index in [1.807, 2.05) is 24.3 Å². The topological polar surface area (TPSA) is 59.1 Å². The summed E-state index contributed by atoms with van der Waals surface area (Å²) in [6, 6.07) is 14.6. The fraction of sp³-hybridized carbons (Fsp3) is 0.0588. The first-order valence-corrected chi connectivity index (χ1v) is 7.85. The molecule has 1 heterocycles. The van der Waals surface area contributed by atoms with Crippen LogP contribution in [-0.2, 0) is 0 Å². The van der Waals surface area contributed by atoms with Crippen molar-refractivity contribution < 1.29 is 4.74 Å². The molecule has 7 heteroatoms. The second-order valence-electron chi connectivity index (χ2n) is 4.89. The van der Waals surface area contributed by atoms with E-state index in [4.69, 9.17) is 27.9 Å². The molecule has 0 aliphatic carbocycles. The van der Waals surface area contributed by atoms with E-state index in [1.165, 1.54) is 6.33 Å². The number of benzene rings is 2. The molecule has 0 unspecified atom stereocenters. The Labute approximate surface area is 149 Å². The van der Waals surface area contributed by atoms with E-state index in [9.17, 15) is 0 Å². The van der Waals surface area contributed by atoms with Crippen LogP contribution in [0.3, 0.4) is 0 Å². The van der Waals surface area contributed by atoms with Crippen molar-refractivity contribution in [3.8, 4) is 5.75 Å². The Kier molecular flexibility index (Phi) is 5.03. The molecule has 24 heavy (non-hydrogen) atoms. The van der Waals surface area contributed by atoms with Gasteiger partial charge in [-0.2, -0.15) is 0 Å². The van der Waals surface area contributed by atoms with E-state index in [2.05, 4.69) is 20.6 Å². The van der Waals surface area contributed by atoms with Crippen LogP contribution in [0, 0.1) is 0 Å². The Hall–Kier alpha value is -2.50. The summed E-state index contributed by atoms with van der Waals surface area (Å²) in [5.74, 6) is 2.02. The molecule has 0 aliphatic rings. The predicted molar refractivity (Wildman–Crippen MR) is 98.1 cm³/mol. The minimum Gasteiger partial charge on any atom is -0.497 e. The van der Waals surface area contributed by atoms with Gasteiger partial charge in [0, 0.05) is 22.8 Å². The number of hydrogen-bond acceptors (Lipinski definition) is 5. The van der Waals surface area contributed by atoms with Crippen molar-refractivity contribution in [3.63, 3.8) is 0 Å². The van der Waals surface area contributed by atoms with Crippen molar-refractivity contribution in [1.82, 2.24) is 9.97 Å². The molecular weight excluding hydrogens is 347 g/mol. The Morgan fingerprint density at radius 1 is 0.917 bits per heavy atom. The summed E-state index contributed by atoms with van der Waals surface area (Å²) >= 11 is 12.1. The van der Waals surface area contributed by atoms with Crippen molar-refractivity contribution >= 4 is 46.2 Å². The normalized spacial score (nSPS) is 10.3. The third kappa shape index (κ3) is 4.07. The van der Waals surface area contributed by atoms with Crippen LogP contribution in [-0.4, -0.2) is 17.1 Å². The van der Waals surface area contributed by atoms with Crippen LogP contribution in [0.2, 0.25) is 10.0 Å². The zero-order chi connectivity index (χ0) is 16.9. The summed E-state index contributed by atoms with van der Waals surface area (Å²) in [6.45, 7) is 0. The highest BCUT2D eigenvalue weighted by molar-refractivity contribution is 6.36. The average molecular weight is 361 g/mol. The molecule has 0 fully saturated rings. The Bertz CT molecular complexity index is 857. The summed E-state index contributed by atoms with van der Waals surface area (Å²) in [5.41, 5.74) is 1.58. The van der Waals surface area contributed by atoms with Crippen molar-refractivity contribution in [2.24, 2.45) is 0 Å². The van der Waals surface area contributed by atoms with E-state index in [-0.39, 0.29) is 0 Å². The number of ether oxygens (including phenoxy) is 1. The minimum atomic E-state index is 0.517. The van der Waals surface area contributed by atoms with Crippen LogP contribution in [0.25, 0.3) is 0 Å². The molecule has 0 aliphatic heterocycles. The molecule has 0 saturated carbocycles. The number of methoxy groups -OCH3 is 1. The Morgan fingerprint density at radius 3 is 2.46 bits per heavy atom. The summed E-state index contributed by atoms with van der Waals surface area (Å²) in [6.07, 6.45) is 1.47. The van der Waals surface area contributed by atoms with Crippen LogP contribution in [0.1, 0.15) is 0 Å². The van der Waals surface area contributed by atoms with Gasteiger partial charge in [-0.25, -0.2) is 9.97 Å². The van der Waals surface area contributed by atoms with Crippen LogP contribution in [0.15, 0.2) is 54.9 Å². The molecule has 0 amide bonds. The van der Waals surface area contributed by atoms with Gasteiger partial charge in [0.1, 0.15) is 23.7 Å². The number of nitrogens with one attached hydrogen (secondary N) is 2. The number of hydrogen-bond donors (Lipinski definition) is 2. The molecule has 2 N–H and O–H groups in total. The first-order valence-electron chi connectivity index (χ1n) is 7.09. The number of nitrogens with zero attached hydrogens (tertiary/aromatic N) is 2. The SMILES string of the molecule is COc1cccc(Nc2cc(Nc3ccc(Cl)cc3Cl)ncn2)c1. The highest BCUT2D eigenvalue weighted by atomic mass is 35.5. The van der Waals surface area contributed by atoms with Crippen molar-refractivity contribution in [1.29, 1.82) is 0 Å². The maximum atomic E-state index is 6.16. The van der Waals surface area contributed by atoms with Gasteiger partial charge < -0.3 is 15.4 Å². The molecule has 0 bridgehead atoms. The van der Waals surface area contributed by atoms with Crippen LogP contribution in [0.5, 0.6) is 5.75 Å². The fourth-order valence-corrected chi connectivity index (χ4v) is 2.53. The lowest BCUT2D eigenvalue weighted by molar-refractivity contribution is 0.415. The Morgan fingerprint density at radius 2 is 1.71 bits per heavy atom. The molecule has 3 rings (SSSR count). The first-order chi connectivity index (χ1) is 11.6. The molecule has 0 atom stereocenters. The highest BCUT2D eigenvalue weighted by Crippen LogP contribution is 2.28. The van der Waals surface area contributed by atoms with E-state index >= 15 is 0 Å². The molecular formula is C17H14Cl2N4O. The molecule has 0 saturated heterocycles. The van der Waals surface area contributed by atoms with E-state index in [0.29, 0.717) is 27.4 Å². The van der Waals surface area contributed by atoms with Crippen LogP contribution < -0.4 is 15.4 Å². The van der Waals surface area contributed by atoms with Gasteiger partial charge in [0.05, 0.1) is 17.8 Å². The standard InChI is InChI=1S/C17H14Cl2N4O/c1-24-13-4-2-3-12(8-13)22-16-9-17(21-10-20-16)23-15-6-5-11(18)7-14(15)19/h2-10H,1H3,(H2,20,21,22,23). The largest absolute Gasteiger partial charge is 0.497 e. The number of aromatic nitrogens is 2. The zero-order valence-electron chi connectivity index (χ0n) is 12.8. The lowest BCUT2D eigenvalue weighted by atomic mass is 10.3. The summed E-state index contributed by atoms with van der Waals surface area (Å²) < 4.78 is 5.21. The van der Waals surface area contributed by atoms with Gasteiger partial charge in [-0.3, -0.25) is 0 Å². The van der Waals surface area contributed by atoms with Crippen LogP contribution in [0.4, 0.5) is 23.0 Å². The smallest absolute Gasteiger partial charge is 0.135 e. The monoisotopic (exact) mass is 360 g/mol. The van der Waals surface area contributed by atoms with Gasteiger partial charge >= 0.3 is 0 Å². The summed E-state index contributed by atoms with van der Waals surface area (Å²) in [4.78, 5) is 8.41. The van der Waals surface area contributed by atoms with Crippen molar-refractivity contribution in [2.75, 3.05) is 17.7 Å².